The zero-order valence-electron chi connectivity index (χ0n) is 15.3. The van der Waals surface area contributed by atoms with Gasteiger partial charge in [-0.05, 0) is 12.1 Å². The molecule has 3 N–H and O–H groups in total. The molecule has 0 fully saturated rings. The second-order valence-corrected chi connectivity index (χ2v) is 6.79. The van der Waals surface area contributed by atoms with E-state index in [9.17, 15) is 31.1 Å². The Labute approximate surface area is 181 Å². The number of aromatic nitrogens is 3. The molecule has 0 aliphatic carbocycles. The summed E-state index contributed by atoms with van der Waals surface area (Å²) in [6.07, 6.45) is -8.76. The summed E-state index contributed by atoms with van der Waals surface area (Å²) >= 11 is 0.740. The summed E-state index contributed by atoms with van der Waals surface area (Å²) in [5.41, 5.74) is 2.38. The van der Waals surface area contributed by atoms with Gasteiger partial charge in [-0.25, -0.2) is 9.67 Å². The fourth-order valence-corrected chi connectivity index (χ4v) is 3.36. The normalized spacial score (nSPS) is 11.8. The van der Waals surface area contributed by atoms with Crippen LogP contribution in [0.4, 0.5) is 26.3 Å². The van der Waals surface area contributed by atoms with E-state index in [1.54, 1.807) is 0 Å². The molecule has 0 saturated heterocycles. The van der Waals surface area contributed by atoms with Crippen molar-refractivity contribution in [3.8, 4) is 16.4 Å². The maximum atomic E-state index is 13.6. The molecule has 31 heavy (non-hydrogen) atoms. The fraction of sp³-hybridized carbons (Fsp3) is 0.235. The van der Waals surface area contributed by atoms with Crippen LogP contribution in [-0.2, 0) is 12.4 Å². The van der Waals surface area contributed by atoms with Crippen molar-refractivity contribution in [2.75, 3.05) is 13.1 Å². The van der Waals surface area contributed by atoms with Gasteiger partial charge in [0, 0.05) is 24.0 Å². The average molecular weight is 486 g/mol. The van der Waals surface area contributed by atoms with Crippen LogP contribution in [0.1, 0.15) is 21.6 Å². The summed E-state index contributed by atoms with van der Waals surface area (Å²) in [5.74, 6) is -1.01. The van der Waals surface area contributed by atoms with Crippen LogP contribution in [0.5, 0.6) is 0 Å². The number of carbonyl (C=O) groups excluding carboxylic acids is 1. The molecule has 1 aromatic carbocycles. The summed E-state index contributed by atoms with van der Waals surface area (Å²) in [6, 6.07) is 4.25. The average Bonchev–Trinajstić information content (AvgIpc) is 3.32. The highest BCUT2D eigenvalue weighted by Crippen LogP contribution is 2.36. The molecule has 3 rings (SSSR count). The lowest BCUT2D eigenvalue weighted by Gasteiger charge is -2.11. The van der Waals surface area contributed by atoms with Crippen LogP contribution in [0, 0.1) is 0 Å². The van der Waals surface area contributed by atoms with Crippen LogP contribution in [0.3, 0.4) is 0 Å². The molecular weight excluding hydrogens is 472 g/mol. The first kappa shape index (κ1) is 24.6. The number of nitrogens with zero attached hydrogens (tertiary/aromatic N) is 3. The molecule has 0 radical (unpaired) electrons. The van der Waals surface area contributed by atoms with Crippen molar-refractivity contribution in [3.63, 3.8) is 0 Å². The van der Waals surface area contributed by atoms with Gasteiger partial charge in [0.1, 0.15) is 0 Å². The number of carbonyl (C=O) groups is 1. The predicted molar refractivity (Wildman–Crippen MR) is 103 cm³/mol. The lowest BCUT2D eigenvalue weighted by Crippen LogP contribution is -2.30. The molecule has 2 heterocycles. The van der Waals surface area contributed by atoms with E-state index in [0.717, 1.165) is 29.7 Å². The maximum absolute atomic E-state index is 13.6. The smallest absolute Gasteiger partial charge is 0.351 e. The monoisotopic (exact) mass is 485 g/mol. The molecule has 0 aliphatic rings. The summed E-state index contributed by atoms with van der Waals surface area (Å²) in [6.45, 7) is 0.00626. The van der Waals surface area contributed by atoms with Gasteiger partial charge >= 0.3 is 12.4 Å². The van der Waals surface area contributed by atoms with Crippen LogP contribution >= 0.6 is 23.7 Å². The number of benzene rings is 1. The Morgan fingerprint density at radius 1 is 1.16 bits per heavy atom. The maximum Gasteiger partial charge on any atom is 0.434 e. The molecule has 6 nitrogen and oxygen atoms in total. The SMILES string of the molecule is Cl.NCCNC(=O)c1cnn(-c2nc(-c3cccc(C(F)(F)F)c3)cs2)c1C(F)(F)F. The Morgan fingerprint density at radius 3 is 2.48 bits per heavy atom. The number of hydrogen-bond donors (Lipinski definition) is 2. The van der Waals surface area contributed by atoms with Gasteiger partial charge in [0.05, 0.1) is 23.0 Å². The quantitative estimate of drug-likeness (QED) is 0.532. The highest BCUT2D eigenvalue weighted by molar-refractivity contribution is 7.12. The topological polar surface area (TPSA) is 85.8 Å². The Bertz CT molecular complexity index is 1060. The minimum Gasteiger partial charge on any atom is -0.351 e. The second-order valence-electron chi connectivity index (χ2n) is 5.95. The van der Waals surface area contributed by atoms with Gasteiger partial charge < -0.3 is 11.1 Å². The first-order valence-corrected chi connectivity index (χ1v) is 9.17. The Balaban J connectivity index is 0.00000341. The molecule has 1 amide bonds. The second kappa shape index (κ2) is 9.24. The fourth-order valence-electron chi connectivity index (χ4n) is 2.56. The summed E-state index contributed by atoms with van der Waals surface area (Å²) in [5, 5.41) is 6.90. The van der Waals surface area contributed by atoms with Gasteiger partial charge in [0.25, 0.3) is 5.91 Å². The third-order valence-corrected chi connectivity index (χ3v) is 4.69. The minimum atomic E-state index is -4.94. The van der Waals surface area contributed by atoms with E-state index in [-0.39, 0.29) is 41.9 Å². The molecular formula is C17H14ClF6N5OS. The molecule has 0 spiro atoms. The van der Waals surface area contributed by atoms with E-state index in [4.69, 9.17) is 5.73 Å². The van der Waals surface area contributed by atoms with E-state index in [1.165, 1.54) is 17.5 Å². The predicted octanol–water partition coefficient (Wildman–Crippen LogP) is 4.14. The van der Waals surface area contributed by atoms with Crippen LogP contribution < -0.4 is 11.1 Å². The van der Waals surface area contributed by atoms with Gasteiger partial charge in [0.2, 0.25) is 5.13 Å². The van der Waals surface area contributed by atoms with Crippen molar-refractivity contribution in [1.82, 2.24) is 20.1 Å². The third kappa shape index (κ3) is 5.35. The largest absolute Gasteiger partial charge is 0.434 e. The highest BCUT2D eigenvalue weighted by Gasteiger charge is 2.41. The third-order valence-electron chi connectivity index (χ3n) is 3.87. The molecule has 3 aromatic rings. The molecule has 168 valence electrons. The number of halogens is 7. The van der Waals surface area contributed by atoms with Gasteiger partial charge in [-0.2, -0.15) is 31.4 Å². The number of thiazole rings is 1. The highest BCUT2D eigenvalue weighted by atomic mass is 35.5. The molecule has 0 bridgehead atoms. The lowest BCUT2D eigenvalue weighted by atomic mass is 10.1. The van der Waals surface area contributed by atoms with Gasteiger partial charge in [-0.3, -0.25) is 4.79 Å². The van der Waals surface area contributed by atoms with Crippen LogP contribution in [-0.4, -0.2) is 33.8 Å². The number of nitrogens with one attached hydrogen (secondary N) is 1. The molecule has 0 aliphatic heterocycles. The number of alkyl halides is 6. The minimum absolute atomic E-state index is 0. The van der Waals surface area contributed by atoms with E-state index in [0.29, 0.717) is 4.68 Å². The van der Waals surface area contributed by atoms with Crippen molar-refractivity contribution in [2.24, 2.45) is 5.73 Å². The summed E-state index contributed by atoms with van der Waals surface area (Å²) < 4.78 is 80.0. The van der Waals surface area contributed by atoms with E-state index in [2.05, 4.69) is 15.4 Å². The van der Waals surface area contributed by atoms with E-state index < -0.39 is 35.1 Å². The first-order valence-electron chi connectivity index (χ1n) is 8.29. The molecule has 14 heteroatoms. The Morgan fingerprint density at radius 2 is 1.87 bits per heavy atom. The zero-order chi connectivity index (χ0) is 22.1. The van der Waals surface area contributed by atoms with E-state index >= 15 is 0 Å². The Kier molecular flexibility index (Phi) is 7.34. The molecule has 0 atom stereocenters. The first-order chi connectivity index (χ1) is 14.0. The number of hydrogen-bond acceptors (Lipinski definition) is 5. The van der Waals surface area contributed by atoms with Gasteiger partial charge in [-0.1, -0.05) is 12.1 Å². The van der Waals surface area contributed by atoms with Crippen LogP contribution in [0.2, 0.25) is 0 Å². The molecule has 0 unspecified atom stereocenters. The standard InChI is InChI=1S/C17H13F6N5OS.ClH/c18-16(19,20)10-3-1-2-9(6-10)12-8-30-15(27-12)28-13(17(21,22)23)11(7-26-28)14(29)25-5-4-24;/h1-3,6-8H,4-5,24H2,(H,25,29);1H. The zero-order valence-corrected chi connectivity index (χ0v) is 16.9. The van der Waals surface area contributed by atoms with E-state index in [1.807, 2.05) is 0 Å². The molecule has 2 aromatic heterocycles. The van der Waals surface area contributed by atoms with Crippen molar-refractivity contribution in [3.05, 3.63) is 52.7 Å². The van der Waals surface area contributed by atoms with Crippen molar-refractivity contribution in [1.29, 1.82) is 0 Å². The summed E-state index contributed by atoms with van der Waals surface area (Å²) in [4.78, 5) is 16.0. The summed E-state index contributed by atoms with van der Waals surface area (Å²) in [7, 11) is 0. The van der Waals surface area contributed by atoms with Gasteiger partial charge in [-0.15, -0.1) is 23.7 Å². The van der Waals surface area contributed by atoms with Crippen LogP contribution in [0.15, 0.2) is 35.8 Å². The Hall–Kier alpha value is -2.64. The molecule has 0 saturated carbocycles. The van der Waals surface area contributed by atoms with Crippen LogP contribution in [0.25, 0.3) is 16.4 Å². The van der Waals surface area contributed by atoms with Crippen molar-refractivity contribution >= 4 is 29.7 Å². The number of amides is 1. The van der Waals surface area contributed by atoms with Crippen molar-refractivity contribution in [2.45, 2.75) is 12.4 Å². The van der Waals surface area contributed by atoms with Gasteiger partial charge in [0.15, 0.2) is 5.69 Å². The number of rotatable bonds is 5. The number of nitrogens with two attached hydrogens (primary N) is 1. The van der Waals surface area contributed by atoms with Crippen molar-refractivity contribution < 1.29 is 31.1 Å². The lowest BCUT2D eigenvalue weighted by molar-refractivity contribution is -0.143.